The van der Waals surface area contributed by atoms with Gasteiger partial charge in [-0.1, -0.05) is 26.0 Å². The second kappa shape index (κ2) is 7.79. The molecule has 4 heteroatoms. The highest BCUT2D eigenvalue weighted by Gasteiger charge is 2.30. The first-order valence-electron chi connectivity index (χ1n) is 6.50. The van der Waals surface area contributed by atoms with Crippen LogP contribution in [-0.4, -0.2) is 26.0 Å². The van der Waals surface area contributed by atoms with Crippen LogP contribution in [0.3, 0.4) is 0 Å². The highest BCUT2D eigenvalue weighted by Crippen LogP contribution is 2.29. The maximum atomic E-state index is 13.3. The minimum atomic E-state index is -0.514. The van der Waals surface area contributed by atoms with Crippen molar-refractivity contribution < 1.29 is 4.39 Å². The van der Waals surface area contributed by atoms with Gasteiger partial charge >= 0.3 is 0 Å². The van der Waals surface area contributed by atoms with Crippen LogP contribution in [0, 0.1) is 5.82 Å². The van der Waals surface area contributed by atoms with Gasteiger partial charge in [0.2, 0.25) is 0 Å². The molecule has 0 heterocycles. The number of likely N-dealkylation sites (N-methyl/N-ethyl adjacent to an activating group) is 2. The molecule has 1 aromatic rings. The summed E-state index contributed by atoms with van der Waals surface area (Å²) in [4.78, 5) is 1.92. The van der Waals surface area contributed by atoms with Gasteiger partial charge in [-0.3, -0.25) is 0 Å². The lowest BCUT2D eigenvalue weighted by Crippen LogP contribution is -2.43. The van der Waals surface area contributed by atoms with E-state index in [1.165, 1.54) is 12.1 Å². The van der Waals surface area contributed by atoms with Crippen LogP contribution in [0.15, 0.2) is 36.2 Å². The summed E-state index contributed by atoms with van der Waals surface area (Å²) in [5, 5.41) is 3.20. The number of benzene rings is 1. The lowest BCUT2D eigenvalue weighted by Gasteiger charge is -2.36. The average Bonchev–Trinajstić information content (AvgIpc) is 2.41. The topological polar surface area (TPSA) is 41.3 Å². The number of nitrogens with one attached hydrogen (secondary N) is 1. The van der Waals surface area contributed by atoms with E-state index in [0.29, 0.717) is 0 Å². The van der Waals surface area contributed by atoms with E-state index in [2.05, 4.69) is 5.32 Å². The van der Waals surface area contributed by atoms with Crippen LogP contribution >= 0.6 is 0 Å². The smallest absolute Gasteiger partial charge is 0.123 e. The SMILES string of the molecule is CC.CNC(C)(/C(=C/N)N(C)C)c1cccc(F)c1. The Bertz CT molecular complexity index is 416. The number of hydrogen-bond donors (Lipinski definition) is 2. The molecule has 0 saturated carbocycles. The van der Waals surface area contributed by atoms with Crippen molar-refractivity contribution >= 4 is 0 Å². The van der Waals surface area contributed by atoms with Crippen LogP contribution in [-0.2, 0) is 5.54 Å². The fourth-order valence-electron chi connectivity index (χ4n) is 1.98. The molecule has 0 fully saturated rings. The third kappa shape index (κ3) is 3.96. The van der Waals surface area contributed by atoms with E-state index in [0.717, 1.165) is 11.3 Å². The maximum absolute atomic E-state index is 13.3. The Morgan fingerprint density at radius 3 is 2.32 bits per heavy atom. The summed E-state index contributed by atoms with van der Waals surface area (Å²) in [6, 6.07) is 6.53. The minimum Gasteiger partial charge on any atom is -0.403 e. The third-order valence-electron chi connectivity index (χ3n) is 3.05. The van der Waals surface area contributed by atoms with Gasteiger partial charge in [-0.25, -0.2) is 4.39 Å². The van der Waals surface area contributed by atoms with E-state index in [-0.39, 0.29) is 5.82 Å². The molecule has 0 radical (unpaired) electrons. The highest BCUT2D eigenvalue weighted by atomic mass is 19.1. The number of hydrogen-bond acceptors (Lipinski definition) is 3. The summed E-state index contributed by atoms with van der Waals surface area (Å²) in [7, 11) is 5.65. The molecule has 108 valence electrons. The van der Waals surface area contributed by atoms with Crippen LogP contribution in [0.5, 0.6) is 0 Å². The molecule has 3 nitrogen and oxygen atoms in total. The maximum Gasteiger partial charge on any atom is 0.123 e. The second-order valence-corrected chi connectivity index (χ2v) is 4.33. The quantitative estimate of drug-likeness (QED) is 0.881. The van der Waals surface area contributed by atoms with E-state index in [1.54, 1.807) is 12.3 Å². The predicted molar refractivity (Wildman–Crippen MR) is 80.1 cm³/mol. The molecule has 1 rings (SSSR count). The van der Waals surface area contributed by atoms with E-state index < -0.39 is 5.54 Å². The van der Waals surface area contributed by atoms with Crippen LogP contribution in [0.1, 0.15) is 26.3 Å². The number of halogens is 1. The molecular weight excluding hydrogens is 241 g/mol. The van der Waals surface area contributed by atoms with Crippen molar-refractivity contribution in [2.75, 3.05) is 21.1 Å². The van der Waals surface area contributed by atoms with E-state index in [9.17, 15) is 4.39 Å². The Morgan fingerprint density at radius 2 is 1.95 bits per heavy atom. The molecule has 1 atom stereocenters. The van der Waals surface area contributed by atoms with Gasteiger partial charge in [-0.15, -0.1) is 0 Å². The van der Waals surface area contributed by atoms with Gasteiger partial charge in [0.15, 0.2) is 0 Å². The molecule has 0 bridgehead atoms. The highest BCUT2D eigenvalue weighted by molar-refractivity contribution is 5.33. The molecule has 0 aromatic heterocycles. The van der Waals surface area contributed by atoms with Gasteiger partial charge in [-0.2, -0.15) is 0 Å². The summed E-state index contributed by atoms with van der Waals surface area (Å²) in [6.07, 6.45) is 1.54. The molecule has 0 spiro atoms. The van der Waals surface area contributed by atoms with Crippen LogP contribution in [0.2, 0.25) is 0 Å². The van der Waals surface area contributed by atoms with Gasteiger partial charge in [0.05, 0.1) is 11.2 Å². The fourth-order valence-corrected chi connectivity index (χ4v) is 1.98. The fraction of sp³-hybridized carbons (Fsp3) is 0.467. The van der Waals surface area contributed by atoms with Crippen molar-refractivity contribution in [3.63, 3.8) is 0 Å². The van der Waals surface area contributed by atoms with Gasteiger partial charge in [0.25, 0.3) is 0 Å². The summed E-state index contributed by atoms with van der Waals surface area (Å²) in [5.41, 5.74) is 6.88. The predicted octanol–water partition coefficient (Wildman–Crippen LogP) is 2.65. The van der Waals surface area contributed by atoms with Crippen molar-refractivity contribution in [3.8, 4) is 0 Å². The summed E-state index contributed by atoms with van der Waals surface area (Å²) < 4.78 is 13.3. The molecule has 19 heavy (non-hydrogen) atoms. The third-order valence-corrected chi connectivity index (χ3v) is 3.05. The van der Waals surface area contributed by atoms with Crippen molar-refractivity contribution in [3.05, 3.63) is 47.5 Å². The van der Waals surface area contributed by atoms with Gasteiger partial charge < -0.3 is 16.0 Å². The van der Waals surface area contributed by atoms with Crippen molar-refractivity contribution in [2.45, 2.75) is 26.3 Å². The zero-order chi connectivity index (χ0) is 15.1. The minimum absolute atomic E-state index is 0.251. The molecule has 0 amide bonds. The largest absolute Gasteiger partial charge is 0.403 e. The van der Waals surface area contributed by atoms with Gasteiger partial charge in [0, 0.05) is 20.3 Å². The molecule has 0 aliphatic carbocycles. The Labute approximate surface area is 116 Å². The first-order valence-corrected chi connectivity index (χ1v) is 6.50. The normalized spacial score (nSPS) is 14.2. The molecule has 1 unspecified atom stereocenters. The zero-order valence-corrected chi connectivity index (χ0v) is 12.8. The van der Waals surface area contributed by atoms with Gasteiger partial charge in [0.1, 0.15) is 5.82 Å². The van der Waals surface area contributed by atoms with E-state index >= 15 is 0 Å². The van der Waals surface area contributed by atoms with Crippen molar-refractivity contribution in [2.24, 2.45) is 5.73 Å². The molecular formula is C15H26FN3. The molecule has 1 aromatic carbocycles. The van der Waals surface area contributed by atoms with Crippen molar-refractivity contribution in [1.82, 2.24) is 10.2 Å². The molecule has 0 aliphatic heterocycles. The number of nitrogens with two attached hydrogens (primary N) is 1. The Hall–Kier alpha value is -1.55. The molecule has 0 saturated heterocycles. The van der Waals surface area contributed by atoms with E-state index in [1.807, 2.05) is 52.9 Å². The Balaban J connectivity index is 0.00000154. The van der Waals surface area contributed by atoms with Crippen LogP contribution in [0.4, 0.5) is 4.39 Å². The van der Waals surface area contributed by atoms with Crippen LogP contribution in [0.25, 0.3) is 0 Å². The standard InChI is InChI=1S/C13H20FN3.C2H6/c1-13(16-2,12(9-15)17(3)4)10-6-5-7-11(14)8-10;1-2/h5-9,16H,15H2,1-4H3;1-2H3/b12-9-;. The van der Waals surface area contributed by atoms with Crippen molar-refractivity contribution in [1.29, 1.82) is 0 Å². The van der Waals surface area contributed by atoms with Gasteiger partial charge in [-0.05, 0) is 31.7 Å². The average molecular weight is 267 g/mol. The zero-order valence-electron chi connectivity index (χ0n) is 12.8. The Morgan fingerprint density at radius 1 is 1.37 bits per heavy atom. The summed E-state index contributed by atoms with van der Waals surface area (Å²) in [6.45, 7) is 5.97. The number of rotatable bonds is 4. The molecule has 0 aliphatic rings. The van der Waals surface area contributed by atoms with E-state index in [4.69, 9.17) is 5.73 Å². The first kappa shape index (κ1) is 17.4. The van der Waals surface area contributed by atoms with Crippen LogP contribution < -0.4 is 11.1 Å². The Kier molecular flexibility index (Phi) is 7.16. The summed E-state index contributed by atoms with van der Waals surface area (Å²) >= 11 is 0. The lowest BCUT2D eigenvalue weighted by atomic mass is 9.88. The molecule has 3 N–H and O–H groups in total. The second-order valence-electron chi connectivity index (χ2n) is 4.33. The summed E-state index contributed by atoms with van der Waals surface area (Å²) in [5.74, 6) is -0.251. The monoisotopic (exact) mass is 267 g/mol. The number of nitrogens with zero attached hydrogens (tertiary/aromatic N) is 1. The lowest BCUT2D eigenvalue weighted by molar-refractivity contribution is 0.347. The first-order chi connectivity index (χ1) is 8.95.